The van der Waals surface area contributed by atoms with Crippen molar-refractivity contribution in [1.82, 2.24) is 9.62 Å². The van der Waals surface area contributed by atoms with Crippen LogP contribution >= 0.6 is 0 Å². The van der Waals surface area contributed by atoms with Crippen molar-refractivity contribution in [1.29, 1.82) is 0 Å². The highest BCUT2D eigenvalue weighted by molar-refractivity contribution is 7.89. The Morgan fingerprint density at radius 1 is 1.11 bits per heavy atom. The van der Waals surface area contributed by atoms with E-state index < -0.39 is 10.0 Å². The van der Waals surface area contributed by atoms with E-state index in [2.05, 4.69) is 35.6 Å². The third kappa shape index (κ3) is 5.64. The summed E-state index contributed by atoms with van der Waals surface area (Å²) in [5.74, 6) is 0.387. The van der Waals surface area contributed by atoms with Crippen LogP contribution in [0, 0.1) is 0 Å². The highest BCUT2D eigenvalue weighted by Crippen LogP contribution is 2.22. The molecule has 0 aliphatic carbocycles. The lowest BCUT2D eigenvalue weighted by molar-refractivity contribution is -0.0300. The summed E-state index contributed by atoms with van der Waals surface area (Å²) in [7, 11) is -3.45. The van der Waals surface area contributed by atoms with Gasteiger partial charge >= 0.3 is 0 Å². The summed E-state index contributed by atoms with van der Waals surface area (Å²) < 4.78 is 33.5. The molecule has 0 unspecified atom stereocenters. The molecule has 2 aromatic rings. The molecule has 1 aliphatic heterocycles. The molecule has 0 radical (unpaired) electrons. The van der Waals surface area contributed by atoms with Crippen LogP contribution in [0.1, 0.15) is 43.4 Å². The number of rotatable bonds is 8. The van der Waals surface area contributed by atoms with Crippen LogP contribution in [-0.4, -0.2) is 46.1 Å². The number of ether oxygens (including phenoxy) is 1. The summed E-state index contributed by atoms with van der Waals surface area (Å²) in [6.45, 7) is 7.89. The van der Waals surface area contributed by atoms with E-state index in [-0.39, 0.29) is 6.10 Å². The van der Waals surface area contributed by atoms with Crippen LogP contribution in [0.15, 0.2) is 59.5 Å². The Labute approximate surface area is 168 Å². The standard InChI is InChI=1S/C22H30N2O3S/c1-18(2)19-9-11-21(12-10-19)28(25,26)23-13-6-14-24-15-16-27-22(17-24)20-7-4-3-5-8-20/h3-5,7-12,18,22-23H,6,13-17H2,1-2H3/t22-/m1/s1. The largest absolute Gasteiger partial charge is 0.371 e. The lowest BCUT2D eigenvalue weighted by Gasteiger charge is -2.33. The highest BCUT2D eigenvalue weighted by Gasteiger charge is 2.21. The molecule has 3 rings (SSSR count). The van der Waals surface area contributed by atoms with Crippen molar-refractivity contribution in [3.8, 4) is 0 Å². The molecule has 1 heterocycles. The van der Waals surface area contributed by atoms with Gasteiger partial charge in [-0.1, -0.05) is 56.3 Å². The van der Waals surface area contributed by atoms with Gasteiger partial charge in [-0.3, -0.25) is 4.90 Å². The topological polar surface area (TPSA) is 58.6 Å². The van der Waals surface area contributed by atoms with Gasteiger partial charge in [0.25, 0.3) is 0 Å². The van der Waals surface area contributed by atoms with Crippen LogP contribution < -0.4 is 4.72 Å². The zero-order valence-corrected chi connectivity index (χ0v) is 17.5. The molecule has 0 bridgehead atoms. The predicted octanol–water partition coefficient (Wildman–Crippen LogP) is 3.55. The van der Waals surface area contributed by atoms with E-state index in [0.717, 1.165) is 31.6 Å². The third-order valence-corrected chi connectivity index (χ3v) is 6.60. The van der Waals surface area contributed by atoms with Crippen molar-refractivity contribution in [3.63, 3.8) is 0 Å². The summed E-state index contributed by atoms with van der Waals surface area (Å²) in [5.41, 5.74) is 2.33. The maximum Gasteiger partial charge on any atom is 0.240 e. The van der Waals surface area contributed by atoms with Gasteiger partial charge in [-0.2, -0.15) is 0 Å². The van der Waals surface area contributed by atoms with Crippen molar-refractivity contribution in [2.45, 2.75) is 37.2 Å². The minimum atomic E-state index is -3.45. The zero-order chi connectivity index (χ0) is 20.0. The number of hydrogen-bond donors (Lipinski definition) is 1. The van der Waals surface area contributed by atoms with Crippen LogP contribution in [0.4, 0.5) is 0 Å². The first kappa shape index (κ1) is 21.0. The van der Waals surface area contributed by atoms with E-state index >= 15 is 0 Å². The number of sulfonamides is 1. The Kier molecular flexibility index (Phi) is 7.24. The monoisotopic (exact) mass is 402 g/mol. The molecule has 28 heavy (non-hydrogen) atoms. The summed E-state index contributed by atoms with van der Waals surface area (Å²) >= 11 is 0. The van der Waals surface area contributed by atoms with Crippen molar-refractivity contribution in [2.24, 2.45) is 0 Å². The van der Waals surface area contributed by atoms with E-state index in [1.165, 1.54) is 5.56 Å². The molecule has 1 fully saturated rings. The molecule has 0 amide bonds. The van der Waals surface area contributed by atoms with E-state index in [1.807, 2.05) is 30.3 Å². The van der Waals surface area contributed by atoms with Gasteiger partial charge in [-0.05, 0) is 42.1 Å². The van der Waals surface area contributed by atoms with Gasteiger partial charge in [-0.25, -0.2) is 13.1 Å². The molecular weight excluding hydrogens is 372 g/mol. The fraction of sp³-hybridized carbons (Fsp3) is 0.455. The quantitative estimate of drug-likeness (QED) is 0.686. The minimum Gasteiger partial charge on any atom is -0.371 e. The molecule has 2 aromatic carbocycles. The lowest BCUT2D eigenvalue weighted by Crippen LogP contribution is -2.39. The smallest absolute Gasteiger partial charge is 0.240 e. The van der Waals surface area contributed by atoms with E-state index in [4.69, 9.17) is 4.74 Å². The molecule has 0 spiro atoms. The maximum absolute atomic E-state index is 12.5. The van der Waals surface area contributed by atoms with Gasteiger partial charge in [0.1, 0.15) is 0 Å². The van der Waals surface area contributed by atoms with Crippen LogP contribution in [0.25, 0.3) is 0 Å². The van der Waals surface area contributed by atoms with Gasteiger partial charge in [0.15, 0.2) is 0 Å². The van der Waals surface area contributed by atoms with E-state index in [1.54, 1.807) is 12.1 Å². The second-order valence-electron chi connectivity index (χ2n) is 7.55. The molecule has 1 atom stereocenters. The first-order chi connectivity index (χ1) is 13.5. The Morgan fingerprint density at radius 3 is 2.50 bits per heavy atom. The normalized spacial score (nSPS) is 18.5. The average Bonchev–Trinajstić information content (AvgIpc) is 2.72. The Hall–Kier alpha value is -1.73. The second-order valence-corrected chi connectivity index (χ2v) is 9.31. The minimum absolute atomic E-state index is 0.0890. The van der Waals surface area contributed by atoms with Gasteiger partial charge in [0.05, 0.1) is 17.6 Å². The Bertz CT molecular complexity index is 836. The van der Waals surface area contributed by atoms with Crippen molar-refractivity contribution in [3.05, 3.63) is 65.7 Å². The predicted molar refractivity (Wildman–Crippen MR) is 112 cm³/mol. The van der Waals surface area contributed by atoms with Gasteiger partial charge < -0.3 is 4.74 Å². The van der Waals surface area contributed by atoms with Crippen molar-refractivity contribution < 1.29 is 13.2 Å². The molecule has 0 aromatic heterocycles. The Balaban J connectivity index is 1.45. The first-order valence-electron chi connectivity index (χ1n) is 9.94. The fourth-order valence-electron chi connectivity index (χ4n) is 3.40. The van der Waals surface area contributed by atoms with Gasteiger partial charge in [-0.15, -0.1) is 0 Å². The summed E-state index contributed by atoms with van der Waals surface area (Å²) in [5, 5.41) is 0. The van der Waals surface area contributed by atoms with Crippen LogP contribution in [0.5, 0.6) is 0 Å². The SMILES string of the molecule is CC(C)c1ccc(S(=O)(=O)NCCCN2CCO[C@@H](c3ccccc3)C2)cc1. The van der Waals surface area contributed by atoms with Crippen LogP contribution in [-0.2, 0) is 14.8 Å². The highest BCUT2D eigenvalue weighted by atomic mass is 32.2. The zero-order valence-electron chi connectivity index (χ0n) is 16.7. The van der Waals surface area contributed by atoms with E-state index in [9.17, 15) is 8.42 Å². The summed E-state index contributed by atoms with van der Waals surface area (Å²) in [6.07, 6.45) is 0.858. The van der Waals surface area contributed by atoms with Crippen LogP contribution in [0.3, 0.4) is 0 Å². The molecule has 0 saturated carbocycles. The first-order valence-corrected chi connectivity index (χ1v) is 11.4. The fourth-order valence-corrected chi connectivity index (χ4v) is 4.47. The molecule has 1 N–H and O–H groups in total. The second kappa shape index (κ2) is 9.65. The molecule has 1 aliphatic rings. The molecule has 1 saturated heterocycles. The number of hydrogen-bond acceptors (Lipinski definition) is 4. The van der Waals surface area contributed by atoms with Crippen LogP contribution in [0.2, 0.25) is 0 Å². The summed E-state index contributed by atoms with van der Waals surface area (Å²) in [6, 6.07) is 17.4. The Morgan fingerprint density at radius 2 is 1.82 bits per heavy atom. The number of benzene rings is 2. The van der Waals surface area contributed by atoms with Crippen molar-refractivity contribution >= 4 is 10.0 Å². The van der Waals surface area contributed by atoms with Crippen molar-refractivity contribution in [2.75, 3.05) is 32.8 Å². The number of nitrogens with zero attached hydrogens (tertiary/aromatic N) is 1. The van der Waals surface area contributed by atoms with Gasteiger partial charge in [0.2, 0.25) is 10.0 Å². The molecule has 5 nitrogen and oxygen atoms in total. The number of morpholine rings is 1. The van der Waals surface area contributed by atoms with Gasteiger partial charge in [0, 0.05) is 19.6 Å². The lowest BCUT2D eigenvalue weighted by atomic mass is 10.0. The average molecular weight is 403 g/mol. The number of nitrogens with one attached hydrogen (secondary N) is 1. The molecule has 6 heteroatoms. The molecular formula is C22H30N2O3S. The summed E-state index contributed by atoms with van der Waals surface area (Å²) in [4.78, 5) is 2.67. The van der Waals surface area contributed by atoms with E-state index in [0.29, 0.717) is 24.0 Å². The maximum atomic E-state index is 12.5. The molecule has 152 valence electrons. The third-order valence-electron chi connectivity index (χ3n) is 5.12.